The van der Waals surface area contributed by atoms with Crippen molar-refractivity contribution in [2.45, 2.75) is 26.8 Å². The van der Waals surface area contributed by atoms with E-state index in [0.29, 0.717) is 29.1 Å². The lowest BCUT2D eigenvalue weighted by Gasteiger charge is -2.21. The number of rotatable bonds is 7. The molecule has 0 unspecified atom stereocenters. The molecule has 1 atom stereocenters. The van der Waals surface area contributed by atoms with Crippen LogP contribution in [0.25, 0.3) is 16.9 Å². The van der Waals surface area contributed by atoms with Crippen molar-refractivity contribution in [2.24, 2.45) is 5.92 Å². The molecule has 0 radical (unpaired) electrons. The summed E-state index contributed by atoms with van der Waals surface area (Å²) in [6.07, 6.45) is 3.05. The van der Waals surface area contributed by atoms with Crippen molar-refractivity contribution in [2.75, 3.05) is 13.7 Å². The molecule has 0 fully saturated rings. The summed E-state index contributed by atoms with van der Waals surface area (Å²) in [7, 11) is 1.60. The van der Waals surface area contributed by atoms with Gasteiger partial charge in [0.1, 0.15) is 0 Å². The average molecular weight is 419 g/mol. The van der Waals surface area contributed by atoms with Gasteiger partial charge in [-0.3, -0.25) is 14.7 Å². The van der Waals surface area contributed by atoms with E-state index in [1.54, 1.807) is 43.6 Å². The van der Waals surface area contributed by atoms with Gasteiger partial charge in [0.15, 0.2) is 5.82 Å². The van der Waals surface area contributed by atoms with Crippen LogP contribution in [0.1, 0.15) is 35.3 Å². The predicted octanol–water partition coefficient (Wildman–Crippen LogP) is 2.81. The number of carbonyl (C=O) groups excluding carboxylic acids is 1. The van der Waals surface area contributed by atoms with Crippen molar-refractivity contribution in [1.29, 1.82) is 5.26 Å². The Morgan fingerprint density at radius 3 is 2.65 bits per heavy atom. The maximum absolute atomic E-state index is 12.9. The Labute approximate surface area is 180 Å². The van der Waals surface area contributed by atoms with Gasteiger partial charge in [-0.1, -0.05) is 19.9 Å². The molecule has 8 nitrogen and oxygen atoms in total. The third-order valence-electron chi connectivity index (χ3n) is 5.12. The second-order valence-electron chi connectivity index (χ2n) is 7.65. The van der Waals surface area contributed by atoms with Crippen LogP contribution in [0.2, 0.25) is 0 Å². The fraction of sp³-hybridized carbons (Fsp3) is 0.304. The minimum absolute atomic E-state index is 0.110. The monoisotopic (exact) mass is 419 g/mol. The first-order chi connectivity index (χ1) is 14.8. The second kappa shape index (κ2) is 9.41. The number of ether oxygens (including phenoxy) is 1. The van der Waals surface area contributed by atoms with Gasteiger partial charge in [0.2, 0.25) is 0 Å². The van der Waals surface area contributed by atoms with Crippen molar-refractivity contribution in [3.8, 4) is 23.0 Å². The zero-order valence-electron chi connectivity index (χ0n) is 18.0. The van der Waals surface area contributed by atoms with E-state index >= 15 is 0 Å². The normalized spacial score (nSPS) is 11.9. The lowest BCUT2D eigenvalue weighted by Crippen LogP contribution is -2.41. The summed E-state index contributed by atoms with van der Waals surface area (Å²) in [5.41, 5.74) is 2.72. The number of H-pyrrole nitrogens is 1. The molecule has 160 valence electrons. The van der Waals surface area contributed by atoms with Gasteiger partial charge in [-0.15, -0.1) is 0 Å². The van der Waals surface area contributed by atoms with E-state index in [2.05, 4.69) is 21.5 Å². The van der Waals surface area contributed by atoms with Gasteiger partial charge in [-0.05, 0) is 48.2 Å². The summed E-state index contributed by atoms with van der Waals surface area (Å²) in [6, 6.07) is 10.4. The quantitative estimate of drug-likeness (QED) is 0.611. The van der Waals surface area contributed by atoms with Crippen LogP contribution in [0.4, 0.5) is 0 Å². The SMILES string of the molecule is COC[C@@H](NC(=O)c1ccc(-n2[nH]cc(-c3ccc(C#N)cc3C)c2=O)nc1)C(C)C. The van der Waals surface area contributed by atoms with E-state index in [-0.39, 0.29) is 23.4 Å². The first kappa shape index (κ1) is 22.0. The average Bonchev–Trinajstić information content (AvgIpc) is 3.14. The van der Waals surface area contributed by atoms with Crippen LogP contribution in [-0.4, -0.2) is 40.4 Å². The van der Waals surface area contributed by atoms with E-state index in [1.165, 1.54) is 10.9 Å². The van der Waals surface area contributed by atoms with Crippen LogP contribution in [0.3, 0.4) is 0 Å². The minimum Gasteiger partial charge on any atom is -0.383 e. The number of aryl methyl sites for hydroxylation is 1. The fourth-order valence-corrected chi connectivity index (χ4v) is 3.25. The van der Waals surface area contributed by atoms with E-state index in [9.17, 15) is 9.59 Å². The zero-order valence-corrected chi connectivity index (χ0v) is 18.0. The standard InChI is InChI=1S/C23H25N5O3/c1-14(2)20(13-31-4)27-22(29)17-6-8-21(25-11-17)28-23(30)19(12-26-28)18-7-5-16(10-24)9-15(18)3/h5-9,11-12,14,20,26H,13H2,1-4H3,(H,27,29)/t20-/m1/s1. The Bertz CT molecular complexity index is 1170. The highest BCUT2D eigenvalue weighted by molar-refractivity contribution is 5.94. The minimum atomic E-state index is -0.266. The first-order valence-electron chi connectivity index (χ1n) is 9.93. The van der Waals surface area contributed by atoms with Gasteiger partial charge in [0.05, 0.1) is 35.4 Å². The van der Waals surface area contributed by atoms with Crippen LogP contribution < -0.4 is 10.9 Å². The van der Waals surface area contributed by atoms with Crippen LogP contribution in [0.5, 0.6) is 0 Å². The zero-order chi connectivity index (χ0) is 22.5. The molecule has 0 aliphatic heterocycles. The smallest absolute Gasteiger partial charge is 0.280 e. The molecule has 0 aliphatic carbocycles. The molecular weight excluding hydrogens is 394 g/mol. The highest BCUT2D eigenvalue weighted by Gasteiger charge is 2.18. The number of nitrogens with one attached hydrogen (secondary N) is 2. The van der Waals surface area contributed by atoms with Crippen molar-refractivity contribution in [3.63, 3.8) is 0 Å². The van der Waals surface area contributed by atoms with Crippen LogP contribution in [0.15, 0.2) is 47.5 Å². The largest absolute Gasteiger partial charge is 0.383 e. The number of hydrogen-bond acceptors (Lipinski definition) is 5. The molecule has 2 heterocycles. The van der Waals surface area contributed by atoms with Crippen LogP contribution >= 0.6 is 0 Å². The highest BCUT2D eigenvalue weighted by atomic mass is 16.5. The Morgan fingerprint density at radius 1 is 1.29 bits per heavy atom. The molecule has 31 heavy (non-hydrogen) atoms. The van der Waals surface area contributed by atoms with Gasteiger partial charge in [-0.25, -0.2) is 9.67 Å². The van der Waals surface area contributed by atoms with Gasteiger partial charge >= 0.3 is 0 Å². The lowest BCUT2D eigenvalue weighted by molar-refractivity contribution is 0.0866. The molecule has 0 spiro atoms. The molecular formula is C23H25N5O3. The molecule has 3 aromatic rings. The lowest BCUT2D eigenvalue weighted by atomic mass is 10.0. The first-order valence-corrected chi connectivity index (χ1v) is 9.93. The van der Waals surface area contributed by atoms with E-state index in [4.69, 9.17) is 10.00 Å². The summed E-state index contributed by atoms with van der Waals surface area (Å²) in [4.78, 5) is 29.7. The van der Waals surface area contributed by atoms with E-state index in [1.807, 2.05) is 20.8 Å². The third kappa shape index (κ3) is 4.73. The fourth-order valence-electron chi connectivity index (χ4n) is 3.25. The number of benzene rings is 1. The van der Waals surface area contributed by atoms with Crippen LogP contribution in [0, 0.1) is 24.2 Å². The number of carbonyl (C=O) groups is 1. The van der Waals surface area contributed by atoms with Gasteiger partial charge in [-0.2, -0.15) is 5.26 Å². The molecule has 3 rings (SSSR count). The van der Waals surface area contributed by atoms with Crippen molar-refractivity contribution in [3.05, 3.63) is 69.8 Å². The van der Waals surface area contributed by atoms with Gasteiger partial charge in [0, 0.05) is 19.5 Å². The molecule has 0 aliphatic rings. The molecule has 1 amide bonds. The molecule has 2 N–H and O–H groups in total. The molecule has 8 heteroatoms. The highest BCUT2D eigenvalue weighted by Crippen LogP contribution is 2.21. The van der Waals surface area contributed by atoms with Crippen molar-refractivity contribution in [1.82, 2.24) is 20.1 Å². The maximum Gasteiger partial charge on any atom is 0.280 e. The topological polar surface area (TPSA) is 113 Å². The second-order valence-corrected chi connectivity index (χ2v) is 7.65. The summed E-state index contributed by atoms with van der Waals surface area (Å²) in [5, 5.41) is 14.9. The summed E-state index contributed by atoms with van der Waals surface area (Å²) < 4.78 is 6.48. The van der Waals surface area contributed by atoms with Crippen LogP contribution in [-0.2, 0) is 4.74 Å². The van der Waals surface area contributed by atoms with E-state index < -0.39 is 0 Å². The Balaban J connectivity index is 1.83. The summed E-state index contributed by atoms with van der Waals surface area (Å²) in [5.74, 6) is 0.344. The molecule has 2 aromatic heterocycles. The Kier molecular flexibility index (Phi) is 6.68. The number of amides is 1. The van der Waals surface area contributed by atoms with Gasteiger partial charge < -0.3 is 10.1 Å². The number of aromatic amines is 1. The number of pyridine rings is 1. The summed E-state index contributed by atoms with van der Waals surface area (Å²) >= 11 is 0. The number of hydrogen-bond donors (Lipinski definition) is 2. The number of nitrogens with zero attached hydrogens (tertiary/aromatic N) is 3. The Morgan fingerprint density at radius 2 is 2.06 bits per heavy atom. The molecule has 1 aromatic carbocycles. The molecule has 0 saturated carbocycles. The maximum atomic E-state index is 12.9. The van der Waals surface area contributed by atoms with Crippen molar-refractivity contribution >= 4 is 5.91 Å². The number of nitriles is 1. The number of methoxy groups -OCH3 is 1. The third-order valence-corrected chi connectivity index (χ3v) is 5.12. The number of aromatic nitrogens is 3. The van der Waals surface area contributed by atoms with Gasteiger partial charge in [0.25, 0.3) is 11.5 Å². The molecule has 0 bridgehead atoms. The Hall–Kier alpha value is -3.70. The predicted molar refractivity (Wildman–Crippen MR) is 117 cm³/mol. The van der Waals surface area contributed by atoms with Crippen molar-refractivity contribution < 1.29 is 9.53 Å². The molecule has 0 saturated heterocycles. The summed E-state index contributed by atoms with van der Waals surface area (Å²) in [6.45, 7) is 6.29. The van der Waals surface area contributed by atoms with E-state index in [0.717, 1.165) is 11.1 Å².